The first-order chi connectivity index (χ1) is 18.6. The van der Waals surface area contributed by atoms with E-state index >= 15 is 0 Å². The number of benzene rings is 3. The molecule has 1 saturated heterocycles. The Balaban J connectivity index is 1.28. The maximum absolute atomic E-state index is 13.2. The number of carbonyl (C=O) groups excluding carboxylic acids is 1. The molecule has 1 aliphatic heterocycles. The van der Waals surface area contributed by atoms with Crippen molar-refractivity contribution >= 4 is 33.5 Å². The fourth-order valence-electron chi connectivity index (χ4n) is 5.15. The zero-order valence-electron chi connectivity index (χ0n) is 21.3. The van der Waals surface area contributed by atoms with Gasteiger partial charge in [-0.1, -0.05) is 30.3 Å². The highest BCUT2D eigenvalue weighted by molar-refractivity contribution is 6.13. The average molecular weight is 507 g/mol. The number of nitrogens with zero attached hydrogens (tertiary/aromatic N) is 2. The second-order valence-electron chi connectivity index (χ2n) is 9.84. The van der Waals surface area contributed by atoms with E-state index in [4.69, 9.17) is 9.72 Å². The third kappa shape index (κ3) is 4.86. The number of pyridine rings is 1. The van der Waals surface area contributed by atoms with Crippen molar-refractivity contribution in [3.8, 4) is 17.0 Å². The molecule has 0 bridgehead atoms. The molecule has 3 heterocycles. The summed E-state index contributed by atoms with van der Waals surface area (Å²) in [5, 5.41) is 14.8. The lowest BCUT2D eigenvalue weighted by Gasteiger charge is -2.29. The first-order valence-corrected chi connectivity index (χ1v) is 12.9. The predicted molar refractivity (Wildman–Crippen MR) is 151 cm³/mol. The Morgan fingerprint density at radius 2 is 1.76 bits per heavy atom. The van der Waals surface area contributed by atoms with Crippen LogP contribution in [0.2, 0.25) is 0 Å². The minimum Gasteiger partial charge on any atom is -0.497 e. The quantitative estimate of drug-likeness (QED) is 0.279. The van der Waals surface area contributed by atoms with Crippen LogP contribution in [-0.4, -0.2) is 52.2 Å². The molecule has 0 unspecified atom stereocenters. The summed E-state index contributed by atoms with van der Waals surface area (Å²) in [7, 11) is 1.64. The largest absolute Gasteiger partial charge is 0.497 e. The maximum atomic E-state index is 13.2. The highest BCUT2D eigenvalue weighted by atomic mass is 16.5. The van der Waals surface area contributed by atoms with Crippen molar-refractivity contribution < 1.29 is 14.6 Å². The third-order valence-electron chi connectivity index (χ3n) is 7.28. The average Bonchev–Trinajstić information content (AvgIpc) is 3.33. The van der Waals surface area contributed by atoms with Gasteiger partial charge in [0.2, 0.25) is 0 Å². The number of rotatable bonds is 6. The molecule has 6 rings (SSSR count). The number of aromatic nitrogens is 2. The van der Waals surface area contributed by atoms with E-state index in [0.29, 0.717) is 11.4 Å². The van der Waals surface area contributed by atoms with Crippen LogP contribution in [-0.2, 0) is 6.54 Å². The number of amides is 1. The Hall–Kier alpha value is -4.20. The van der Waals surface area contributed by atoms with Gasteiger partial charge in [0.1, 0.15) is 11.6 Å². The summed E-state index contributed by atoms with van der Waals surface area (Å²) in [5.41, 5.74) is 5.35. The van der Waals surface area contributed by atoms with E-state index in [-0.39, 0.29) is 12.0 Å². The molecule has 0 spiro atoms. The molecule has 0 saturated carbocycles. The van der Waals surface area contributed by atoms with Crippen molar-refractivity contribution in [3.05, 3.63) is 90.0 Å². The fourth-order valence-corrected chi connectivity index (χ4v) is 5.15. The molecule has 1 fully saturated rings. The van der Waals surface area contributed by atoms with Gasteiger partial charge in [-0.3, -0.25) is 9.69 Å². The van der Waals surface area contributed by atoms with Gasteiger partial charge in [-0.2, -0.15) is 0 Å². The van der Waals surface area contributed by atoms with Crippen molar-refractivity contribution in [3.63, 3.8) is 0 Å². The molecular weight excluding hydrogens is 476 g/mol. The second kappa shape index (κ2) is 10.3. The monoisotopic (exact) mass is 506 g/mol. The molecule has 0 atom stereocenters. The van der Waals surface area contributed by atoms with Crippen LogP contribution in [0.3, 0.4) is 0 Å². The highest BCUT2D eigenvalue weighted by Gasteiger charge is 2.18. The SMILES string of the molecule is COc1ccc(-c2nc(NC(=O)c3ccc(CN4CCC(O)CC4)cc3)cc3c2[nH]c2ccccc23)cc1. The number of hydrogen-bond donors (Lipinski definition) is 3. The molecular formula is C31H30N4O3. The smallest absolute Gasteiger partial charge is 0.256 e. The van der Waals surface area contributed by atoms with E-state index in [1.165, 1.54) is 0 Å². The Bertz CT molecular complexity index is 1580. The predicted octanol–water partition coefficient (Wildman–Crippen LogP) is 5.60. The van der Waals surface area contributed by atoms with Gasteiger partial charge in [0.05, 0.1) is 24.4 Å². The number of fused-ring (bicyclic) bond motifs is 3. The molecule has 192 valence electrons. The van der Waals surface area contributed by atoms with Gasteiger partial charge in [-0.05, 0) is 66.9 Å². The number of H-pyrrole nitrogens is 1. The summed E-state index contributed by atoms with van der Waals surface area (Å²) < 4.78 is 5.32. The lowest BCUT2D eigenvalue weighted by atomic mass is 10.1. The summed E-state index contributed by atoms with van der Waals surface area (Å²) in [4.78, 5) is 23.9. The standard InChI is InChI=1S/C31H30N4O3/c1-38-24-12-10-21(11-13-24)29-30-26(25-4-2-3-5-27(25)32-30)18-28(33-29)34-31(37)22-8-6-20(7-9-22)19-35-16-14-23(36)15-17-35/h2-13,18,23,32,36H,14-17,19H2,1H3,(H,33,34,37). The summed E-state index contributed by atoms with van der Waals surface area (Å²) >= 11 is 0. The number of aliphatic hydroxyl groups excluding tert-OH is 1. The lowest BCUT2D eigenvalue weighted by molar-refractivity contribution is 0.0792. The van der Waals surface area contributed by atoms with E-state index in [2.05, 4.69) is 21.3 Å². The van der Waals surface area contributed by atoms with Crippen LogP contribution in [0.4, 0.5) is 5.82 Å². The number of aliphatic hydroxyl groups is 1. The number of ether oxygens (including phenoxy) is 1. The number of nitrogens with one attached hydrogen (secondary N) is 2. The minimum absolute atomic E-state index is 0.181. The number of carbonyl (C=O) groups is 1. The Morgan fingerprint density at radius 1 is 1.03 bits per heavy atom. The number of anilines is 1. The van der Waals surface area contributed by atoms with Crippen LogP contribution in [0.5, 0.6) is 5.75 Å². The Labute approximate surface area is 221 Å². The lowest BCUT2D eigenvalue weighted by Crippen LogP contribution is -2.35. The molecule has 7 nitrogen and oxygen atoms in total. The van der Waals surface area contributed by atoms with Crippen molar-refractivity contribution in [2.45, 2.75) is 25.5 Å². The topological polar surface area (TPSA) is 90.5 Å². The van der Waals surface area contributed by atoms with Crippen molar-refractivity contribution in [2.24, 2.45) is 0 Å². The molecule has 0 aliphatic carbocycles. The van der Waals surface area contributed by atoms with Crippen LogP contribution < -0.4 is 10.1 Å². The van der Waals surface area contributed by atoms with E-state index < -0.39 is 0 Å². The second-order valence-corrected chi connectivity index (χ2v) is 9.84. The fraction of sp³-hybridized carbons (Fsp3) is 0.226. The van der Waals surface area contributed by atoms with Crippen LogP contribution in [0.1, 0.15) is 28.8 Å². The Kier molecular flexibility index (Phi) is 6.54. The zero-order valence-corrected chi connectivity index (χ0v) is 21.3. The molecule has 1 amide bonds. The van der Waals surface area contributed by atoms with Gasteiger partial charge < -0.3 is 20.1 Å². The van der Waals surface area contributed by atoms with Crippen LogP contribution in [0.15, 0.2) is 78.9 Å². The number of hydrogen-bond acceptors (Lipinski definition) is 5. The van der Waals surface area contributed by atoms with Crippen LogP contribution in [0.25, 0.3) is 33.1 Å². The molecule has 0 radical (unpaired) electrons. The van der Waals surface area contributed by atoms with Gasteiger partial charge >= 0.3 is 0 Å². The summed E-state index contributed by atoms with van der Waals surface area (Å²) in [6.45, 7) is 2.60. The molecule has 38 heavy (non-hydrogen) atoms. The first kappa shape index (κ1) is 24.2. The first-order valence-electron chi connectivity index (χ1n) is 12.9. The van der Waals surface area contributed by atoms with E-state index in [9.17, 15) is 9.90 Å². The number of para-hydroxylation sites is 1. The summed E-state index contributed by atoms with van der Waals surface area (Å²) in [6, 6.07) is 25.5. The molecule has 5 aromatic rings. The van der Waals surface area contributed by atoms with Gasteiger partial charge in [0.25, 0.3) is 5.91 Å². The zero-order chi connectivity index (χ0) is 26.1. The molecule has 3 aromatic carbocycles. The van der Waals surface area contributed by atoms with Gasteiger partial charge in [0, 0.05) is 47.1 Å². The molecule has 3 N–H and O–H groups in total. The van der Waals surface area contributed by atoms with E-state index in [0.717, 1.165) is 76.9 Å². The van der Waals surface area contributed by atoms with Crippen molar-refractivity contribution in [1.29, 1.82) is 0 Å². The molecule has 1 aliphatic rings. The Morgan fingerprint density at radius 3 is 2.50 bits per heavy atom. The third-order valence-corrected chi connectivity index (χ3v) is 7.28. The van der Waals surface area contributed by atoms with E-state index in [1.807, 2.05) is 72.8 Å². The van der Waals surface area contributed by atoms with Crippen molar-refractivity contribution in [2.75, 3.05) is 25.5 Å². The number of methoxy groups -OCH3 is 1. The number of piperidine rings is 1. The minimum atomic E-state index is -0.204. The van der Waals surface area contributed by atoms with Gasteiger partial charge in [-0.15, -0.1) is 0 Å². The molecule has 7 heteroatoms. The van der Waals surface area contributed by atoms with Crippen molar-refractivity contribution in [1.82, 2.24) is 14.9 Å². The van der Waals surface area contributed by atoms with Crippen LogP contribution >= 0.6 is 0 Å². The van der Waals surface area contributed by atoms with Crippen LogP contribution in [0, 0.1) is 0 Å². The summed E-state index contributed by atoms with van der Waals surface area (Å²) in [5.74, 6) is 1.06. The van der Waals surface area contributed by atoms with Gasteiger partial charge in [0.15, 0.2) is 0 Å². The number of likely N-dealkylation sites (tertiary alicyclic amines) is 1. The normalized spacial score (nSPS) is 14.7. The summed E-state index contributed by atoms with van der Waals surface area (Å²) in [6.07, 6.45) is 1.44. The highest BCUT2D eigenvalue weighted by Crippen LogP contribution is 2.34. The van der Waals surface area contributed by atoms with Gasteiger partial charge in [-0.25, -0.2) is 4.98 Å². The molecule has 2 aromatic heterocycles. The van der Waals surface area contributed by atoms with E-state index in [1.54, 1.807) is 7.11 Å². The maximum Gasteiger partial charge on any atom is 0.256 e. The number of aromatic amines is 1.